The molecule has 0 aliphatic heterocycles. The fourth-order valence-electron chi connectivity index (χ4n) is 1.97. The fourth-order valence-corrected chi connectivity index (χ4v) is 3.01. The standard InChI is InChI=1S/C14H20N4O2S/c1-4-18-9-14(16-10-18)21(19,20)17-13-8-6-5-7-12(13)11(2)15-3/h5-11,15,17H,4H2,1-3H3. The third-order valence-electron chi connectivity index (χ3n) is 3.35. The zero-order valence-corrected chi connectivity index (χ0v) is 13.2. The monoisotopic (exact) mass is 308 g/mol. The molecule has 0 bridgehead atoms. The molecule has 1 unspecified atom stereocenters. The van der Waals surface area contributed by atoms with Gasteiger partial charge in [-0.15, -0.1) is 0 Å². The van der Waals surface area contributed by atoms with Crippen molar-refractivity contribution in [2.45, 2.75) is 31.5 Å². The maximum atomic E-state index is 12.4. The molecule has 2 rings (SSSR count). The Morgan fingerprint density at radius 3 is 2.67 bits per heavy atom. The average molecular weight is 308 g/mol. The minimum absolute atomic E-state index is 0.0243. The van der Waals surface area contributed by atoms with E-state index in [0.29, 0.717) is 12.2 Å². The highest BCUT2D eigenvalue weighted by Crippen LogP contribution is 2.24. The lowest BCUT2D eigenvalue weighted by Gasteiger charge is -2.16. The van der Waals surface area contributed by atoms with E-state index in [1.165, 1.54) is 12.5 Å². The van der Waals surface area contributed by atoms with Crippen molar-refractivity contribution in [2.75, 3.05) is 11.8 Å². The summed E-state index contributed by atoms with van der Waals surface area (Å²) in [6.45, 7) is 4.57. The van der Waals surface area contributed by atoms with Crippen molar-refractivity contribution in [2.24, 2.45) is 0 Å². The molecule has 2 N–H and O–H groups in total. The van der Waals surface area contributed by atoms with E-state index in [2.05, 4.69) is 15.0 Å². The van der Waals surface area contributed by atoms with Gasteiger partial charge < -0.3 is 9.88 Å². The van der Waals surface area contributed by atoms with Crippen LogP contribution in [-0.4, -0.2) is 25.0 Å². The second kappa shape index (κ2) is 6.28. The Labute approximate surface area is 125 Å². The molecule has 2 aromatic rings. The molecule has 21 heavy (non-hydrogen) atoms. The van der Waals surface area contributed by atoms with E-state index >= 15 is 0 Å². The predicted octanol–water partition coefficient (Wildman–Crippen LogP) is 1.98. The second-order valence-corrected chi connectivity index (χ2v) is 6.37. The molecule has 0 aliphatic rings. The fraction of sp³-hybridized carbons (Fsp3) is 0.357. The number of nitrogens with one attached hydrogen (secondary N) is 2. The molecule has 0 spiro atoms. The Kier molecular flexibility index (Phi) is 4.64. The van der Waals surface area contributed by atoms with Gasteiger partial charge in [-0.05, 0) is 32.5 Å². The van der Waals surface area contributed by atoms with Crippen molar-refractivity contribution in [1.29, 1.82) is 0 Å². The number of hydrogen-bond donors (Lipinski definition) is 2. The van der Waals surface area contributed by atoms with Crippen LogP contribution >= 0.6 is 0 Å². The molecule has 0 radical (unpaired) electrons. The number of para-hydroxylation sites is 1. The molecule has 0 saturated heterocycles. The normalized spacial score (nSPS) is 13.1. The van der Waals surface area contributed by atoms with Crippen LogP contribution in [0.1, 0.15) is 25.5 Å². The van der Waals surface area contributed by atoms with Gasteiger partial charge in [0.2, 0.25) is 0 Å². The van der Waals surface area contributed by atoms with E-state index in [1.54, 1.807) is 16.7 Å². The highest BCUT2D eigenvalue weighted by Gasteiger charge is 2.19. The smallest absolute Gasteiger partial charge is 0.280 e. The number of benzene rings is 1. The van der Waals surface area contributed by atoms with Gasteiger partial charge in [0.05, 0.1) is 12.0 Å². The van der Waals surface area contributed by atoms with Gasteiger partial charge in [-0.25, -0.2) is 4.98 Å². The first-order valence-electron chi connectivity index (χ1n) is 6.78. The molecule has 0 amide bonds. The van der Waals surface area contributed by atoms with Crippen LogP contribution in [-0.2, 0) is 16.6 Å². The average Bonchev–Trinajstić information content (AvgIpc) is 2.96. The molecule has 6 nitrogen and oxygen atoms in total. The summed E-state index contributed by atoms with van der Waals surface area (Å²) in [7, 11) is -1.84. The Morgan fingerprint density at radius 2 is 2.05 bits per heavy atom. The third-order valence-corrected chi connectivity index (χ3v) is 4.60. The molecule has 7 heteroatoms. The Balaban J connectivity index is 2.33. The van der Waals surface area contributed by atoms with Crippen LogP contribution in [0, 0.1) is 0 Å². The molecule has 1 atom stereocenters. The lowest BCUT2D eigenvalue weighted by molar-refractivity contribution is 0.597. The number of rotatable bonds is 6. The number of anilines is 1. The Morgan fingerprint density at radius 1 is 1.33 bits per heavy atom. The van der Waals surface area contributed by atoms with Gasteiger partial charge in [-0.2, -0.15) is 8.42 Å². The summed E-state index contributed by atoms with van der Waals surface area (Å²) < 4.78 is 29.1. The van der Waals surface area contributed by atoms with E-state index in [9.17, 15) is 8.42 Å². The number of sulfonamides is 1. The molecule has 0 fully saturated rings. The molecular weight excluding hydrogens is 288 g/mol. The van der Waals surface area contributed by atoms with Crippen molar-refractivity contribution in [1.82, 2.24) is 14.9 Å². The van der Waals surface area contributed by atoms with Gasteiger partial charge in [0, 0.05) is 18.8 Å². The van der Waals surface area contributed by atoms with Gasteiger partial charge in [0.25, 0.3) is 10.0 Å². The molecule has 1 aromatic heterocycles. The second-order valence-electron chi connectivity index (χ2n) is 4.75. The molecule has 0 aliphatic carbocycles. The predicted molar refractivity (Wildman–Crippen MR) is 82.6 cm³/mol. The van der Waals surface area contributed by atoms with E-state index in [1.807, 2.05) is 33.0 Å². The summed E-state index contributed by atoms with van der Waals surface area (Å²) in [5, 5.41) is 3.13. The van der Waals surface area contributed by atoms with Crippen molar-refractivity contribution in [3.63, 3.8) is 0 Å². The number of hydrogen-bond acceptors (Lipinski definition) is 4. The van der Waals surface area contributed by atoms with Gasteiger partial charge in [-0.1, -0.05) is 18.2 Å². The minimum atomic E-state index is -3.68. The summed E-state index contributed by atoms with van der Waals surface area (Å²) in [6.07, 6.45) is 3.03. The van der Waals surface area contributed by atoms with Crippen LogP contribution in [0.15, 0.2) is 41.8 Å². The Bertz CT molecular complexity index is 709. The lowest BCUT2D eigenvalue weighted by Crippen LogP contribution is -2.18. The van der Waals surface area contributed by atoms with E-state index in [-0.39, 0.29) is 11.1 Å². The van der Waals surface area contributed by atoms with Crippen LogP contribution in [0.3, 0.4) is 0 Å². The van der Waals surface area contributed by atoms with E-state index in [0.717, 1.165) is 5.56 Å². The van der Waals surface area contributed by atoms with Crippen LogP contribution < -0.4 is 10.0 Å². The van der Waals surface area contributed by atoms with Gasteiger partial charge in [-0.3, -0.25) is 4.72 Å². The topological polar surface area (TPSA) is 76.0 Å². The first-order chi connectivity index (χ1) is 9.97. The molecular formula is C14H20N4O2S. The van der Waals surface area contributed by atoms with Gasteiger partial charge in [0.1, 0.15) is 0 Å². The molecule has 1 aromatic carbocycles. The van der Waals surface area contributed by atoms with Gasteiger partial charge in [0.15, 0.2) is 5.03 Å². The van der Waals surface area contributed by atoms with Crippen LogP contribution in [0.2, 0.25) is 0 Å². The molecule has 0 saturated carbocycles. The van der Waals surface area contributed by atoms with E-state index < -0.39 is 10.0 Å². The molecule has 1 heterocycles. The Hall–Kier alpha value is -1.86. The SMILES string of the molecule is CCn1cnc(S(=O)(=O)Nc2ccccc2C(C)NC)c1. The summed E-state index contributed by atoms with van der Waals surface area (Å²) in [6, 6.07) is 7.36. The number of imidazole rings is 1. The first-order valence-corrected chi connectivity index (χ1v) is 8.27. The van der Waals surface area contributed by atoms with Crippen LogP contribution in [0.4, 0.5) is 5.69 Å². The van der Waals surface area contributed by atoms with Gasteiger partial charge >= 0.3 is 0 Å². The minimum Gasteiger partial charge on any atom is -0.336 e. The number of aromatic nitrogens is 2. The summed E-state index contributed by atoms with van der Waals surface area (Å²) in [5.41, 5.74) is 1.45. The molecule has 114 valence electrons. The highest BCUT2D eigenvalue weighted by atomic mass is 32.2. The summed E-state index contributed by atoms with van der Waals surface area (Å²) in [4.78, 5) is 3.95. The zero-order valence-electron chi connectivity index (χ0n) is 12.4. The van der Waals surface area contributed by atoms with E-state index in [4.69, 9.17) is 0 Å². The van der Waals surface area contributed by atoms with Crippen molar-refractivity contribution in [3.05, 3.63) is 42.4 Å². The van der Waals surface area contributed by atoms with Crippen molar-refractivity contribution >= 4 is 15.7 Å². The van der Waals surface area contributed by atoms with Crippen LogP contribution in [0.25, 0.3) is 0 Å². The summed E-state index contributed by atoms with van der Waals surface area (Å²) >= 11 is 0. The number of aryl methyl sites for hydroxylation is 1. The van der Waals surface area contributed by atoms with Crippen LogP contribution in [0.5, 0.6) is 0 Å². The largest absolute Gasteiger partial charge is 0.336 e. The maximum absolute atomic E-state index is 12.4. The van der Waals surface area contributed by atoms with Crippen molar-refractivity contribution < 1.29 is 8.42 Å². The third kappa shape index (κ3) is 3.43. The highest BCUT2D eigenvalue weighted by molar-refractivity contribution is 7.92. The summed E-state index contributed by atoms with van der Waals surface area (Å²) in [5.74, 6) is 0. The number of nitrogens with zero attached hydrogens (tertiary/aromatic N) is 2. The zero-order chi connectivity index (χ0) is 15.5. The lowest BCUT2D eigenvalue weighted by atomic mass is 10.1. The van der Waals surface area contributed by atoms with Crippen molar-refractivity contribution in [3.8, 4) is 0 Å². The maximum Gasteiger partial charge on any atom is 0.280 e. The first kappa shape index (κ1) is 15.5. The quantitative estimate of drug-likeness (QED) is 0.855.